The van der Waals surface area contributed by atoms with E-state index in [-0.39, 0.29) is 6.04 Å². The molecule has 98 valence electrons. The van der Waals surface area contributed by atoms with Gasteiger partial charge in [0.15, 0.2) is 0 Å². The van der Waals surface area contributed by atoms with Crippen molar-refractivity contribution in [2.24, 2.45) is 0 Å². The molecule has 1 atom stereocenters. The van der Waals surface area contributed by atoms with Crippen LogP contribution in [0.2, 0.25) is 0 Å². The number of aryl methyl sites for hydroxylation is 1. The molecular formula is C15H16N2OS. The summed E-state index contributed by atoms with van der Waals surface area (Å²) in [7, 11) is 0. The molecule has 3 rings (SSSR count). The average molecular weight is 272 g/mol. The summed E-state index contributed by atoms with van der Waals surface area (Å²) in [6.07, 6.45) is 1.90. The normalized spacial score (nSPS) is 12.9. The number of nitrogens with zero attached hydrogens (tertiary/aromatic N) is 1. The topological polar surface area (TPSA) is 38.1 Å². The van der Waals surface area contributed by atoms with Gasteiger partial charge in [-0.15, -0.1) is 11.3 Å². The first-order valence-electron chi connectivity index (χ1n) is 6.40. The molecule has 0 amide bonds. The van der Waals surface area contributed by atoms with E-state index in [1.165, 1.54) is 10.4 Å². The summed E-state index contributed by atoms with van der Waals surface area (Å²) in [5.74, 6) is 0.954. The first-order chi connectivity index (χ1) is 9.29. The van der Waals surface area contributed by atoms with Crippen LogP contribution in [0.25, 0.3) is 11.0 Å². The number of furan rings is 1. The Morgan fingerprint density at radius 3 is 3.00 bits per heavy atom. The zero-order valence-corrected chi connectivity index (χ0v) is 11.8. The molecule has 1 N–H and O–H groups in total. The largest absolute Gasteiger partial charge is 0.459 e. The van der Waals surface area contributed by atoms with E-state index in [9.17, 15) is 0 Å². The fourth-order valence-electron chi connectivity index (χ4n) is 2.28. The predicted octanol–water partition coefficient (Wildman–Crippen LogP) is 3.90. The summed E-state index contributed by atoms with van der Waals surface area (Å²) in [6, 6.07) is 8.43. The molecular weight excluding hydrogens is 256 g/mol. The van der Waals surface area contributed by atoms with Crippen molar-refractivity contribution < 1.29 is 4.42 Å². The van der Waals surface area contributed by atoms with E-state index < -0.39 is 0 Å². The van der Waals surface area contributed by atoms with Crippen molar-refractivity contribution in [3.8, 4) is 0 Å². The van der Waals surface area contributed by atoms with Crippen molar-refractivity contribution in [1.82, 2.24) is 10.3 Å². The molecule has 1 unspecified atom stereocenters. The van der Waals surface area contributed by atoms with Crippen LogP contribution in [0.1, 0.15) is 29.2 Å². The van der Waals surface area contributed by atoms with Gasteiger partial charge >= 0.3 is 0 Å². The minimum atomic E-state index is 0.0873. The van der Waals surface area contributed by atoms with Crippen LogP contribution in [0.4, 0.5) is 0 Å². The lowest BCUT2D eigenvalue weighted by Gasteiger charge is -2.12. The lowest BCUT2D eigenvalue weighted by molar-refractivity contribution is 0.479. The van der Waals surface area contributed by atoms with Gasteiger partial charge in [-0.2, -0.15) is 0 Å². The summed E-state index contributed by atoms with van der Waals surface area (Å²) in [6.45, 7) is 5.06. The second-order valence-corrected chi connectivity index (χ2v) is 5.45. The Morgan fingerprint density at radius 1 is 1.42 bits per heavy atom. The van der Waals surface area contributed by atoms with Crippen LogP contribution in [0.5, 0.6) is 0 Å². The molecule has 3 aromatic rings. The molecule has 0 aliphatic carbocycles. The van der Waals surface area contributed by atoms with E-state index in [1.807, 2.05) is 11.7 Å². The van der Waals surface area contributed by atoms with E-state index >= 15 is 0 Å². The average Bonchev–Trinajstić information content (AvgIpc) is 3.05. The minimum absolute atomic E-state index is 0.0873. The Kier molecular flexibility index (Phi) is 3.36. The lowest BCUT2D eigenvalue weighted by atomic mass is 10.1. The van der Waals surface area contributed by atoms with Crippen molar-refractivity contribution in [2.75, 3.05) is 6.54 Å². The van der Waals surface area contributed by atoms with Crippen LogP contribution >= 0.6 is 11.3 Å². The Balaban J connectivity index is 2.08. The van der Waals surface area contributed by atoms with Crippen molar-refractivity contribution in [1.29, 1.82) is 0 Å². The molecule has 0 aliphatic rings. The van der Waals surface area contributed by atoms with E-state index in [0.29, 0.717) is 0 Å². The van der Waals surface area contributed by atoms with Gasteiger partial charge in [0.05, 0.1) is 5.51 Å². The summed E-state index contributed by atoms with van der Waals surface area (Å²) < 4.78 is 6.05. The second kappa shape index (κ2) is 5.15. The van der Waals surface area contributed by atoms with Gasteiger partial charge in [-0.3, -0.25) is 4.98 Å². The molecule has 2 aromatic heterocycles. The third kappa shape index (κ3) is 2.29. The smallest absolute Gasteiger partial charge is 0.137 e. The van der Waals surface area contributed by atoms with Crippen molar-refractivity contribution in [2.45, 2.75) is 19.9 Å². The highest BCUT2D eigenvalue weighted by atomic mass is 32.1. The summed E-state index contributed by atoms with van der Waals surface area (Å²) in [5, 5.41) is 4.61. The third-order valence-electron chi connectivity index (χ3n) is 3.19. The molecule has 19 heavy (non-hydrogen) atoms. The second-order valence-electron chi connectivity index (χ2n) is 4.54. The number of hydrogen-bond acceptors (Lipinski definition) is 4. The van der Waals surface area contributed by atoms with Crippen molar-refractivity contribution in [3.63, 3.8) is 0 Å². The van der Waals surface area contributed by atoms with Gasteiger partial charge in [-0.1, -0.05) is 25.1 Å². The molecule has 0 radical (unpaired) electrons. The Labute approximate surface area is 116 Å². The molecule has 1 aromatic carbocycles. The van der Waals surface area contributed by atoms with E-state index in [2.05, 4.69) is 48.4 Å². The molecule has 0 saturated carbocycles. The Bertz CT molecular complexity index is 673. The number of benzene rings is 1. The quantitative estimate of drug-likeness (QED) is 0.783. The van der Waals surface area contributed by atoms with Gasteiger partial charge in [-0.05, 0) is 25.1 Å². The standard InChI is InChI=1S/C15H16N2OS/c1-3-17-14(13-8-16-9-19-13)12-7-11-6-4-5-10(2)15(11)18-12/h4-9,14,17H,3H2,1-2H3. The summed E-state index contributed by atoms with van der Waals surface area (Å²) in [4.78, 5) is 5.34. The van der Waals surface area contributed by atoms with E-state index in [4.69, 9.17) is 4.42 Å². The van der Waals surface area contributed by atoms with E-state index in [1.54, 1.807) is 11.3 Å². The molecule has 0 spiro atoms. The SMILES string of the molecule is CCNC(c1cc2cccc(C)c2o1)c1cncs1. The summed E-state index contributed by atoms with van der Waals surface area (Å²) >= 11 is 1.65. The van der Waals surface area contributed by atoms with Crippen molar-refractivity contribution >= 4 is 22.3 Å². The highest BCUT2D eigenvalue weighted by molar-refractivity contribution is 7.09. The maximum Gasteiger partial charge on any atom is 0.137 e. The Hall–Kier alpha value is -1.65. The van der Waals surface area contributed by atoms with Gasteiger partial charge in [0, 0.05) is 16.5 Å². The number of fused-ring (bicyclic) bond motifs is 1. The number of aromatic nitrogens is 1. The van der Waals surface area contributed by atoms with Crippen molar-refractivity contribution in [3.05, 3.63) is 52.2 Å². The fraction of sp³-hybridized carbons (Fsp3) is 0.267. The summed E-state index contributed by atoms with van der Waals surface area (Å²) in [5.41, 5.74) is 4.00. The molecule has 2 heterocycles. The third-order valence-corrected chi connectivity index (χ3v) is 4.03. The fourth-order valence-corrected chi connectivity index (χ4v) is 2.99. The van der Waals surface area contributed by atoms with Gasteiger partial charge < -0.3 is 9.73 Å². The molecule has 0 fully saturated rings. The van der Waals surface area contributed by atoms with Gasteiger partial charge in [0.25, 0.3) is 0 Å². The van der Waals surface area contributed by atoms with Crippen LogP contribution in [-0.2, 0) is 0 Å². The molecule has 0 bridgehead atoms. The van der Waals surface area contributed by atoms with Gasteiger partial charge in [0.1, 0.15) is 17.4 Å². The first kappa shape index (κ1) is 12.4. The molecule has 3 nitrogen and oxygen atoms in total. The number of hydrogen-bond donors (Lipinski definition) is 1. The number of thiazole rings is 1. The highest BCUT2D eigenvalue weighted by Gasteiger charge is 2.19. The molecule has 0 aliphatic heterocycles. The first-order valence-corrected chi connectivity index (χ1v) is 7.28. The van der Waals surface area contributed by atoms with Crippen LogP contribution in [0, 0.1) is 6.92 Å². The number of para-hydroxylation sites is 1. The van der Waals surface area contributed by atoms with Gasteiger partial charge in [-0.25, -0.2) is 0 Å². The minimum Gasteiger partial charge on any atom is -0.459 e. The lowest BCUT2D eigenvalue weighted by Crippen LogP contribution is -2.20. The number of nitrogens with one attached hydrogen (secondary N) is 1. The zero-order chi connectivity index (χ0) is 13.2. The molecule has 4 heteroatoms. The highest BCUT2D eigenvalue weighted by Crippen LogP contribution is 2.31. The predicted molar refractivity (Wildman–Crippen MR) is 78.6 cm³/mol. The van der Waals surface area contributed by atoms with E-state index in [0.717, 1.165) is 23.3 Å². The van der Waals surface area contributed by atoms with Crippen LogP contribution in [0.3, 0.4) is 0 Å². The monoisotopic (exact) mass is 272 g/mol. The van der Waals surface area contributed by atoms with Crippen LogP contribution < -0.4 is 5.32 Å². The van der Waals surface area contributed by atoms with Crippen LogP contribution in [0.15, 0.2) is 40.4 Å². The zero-order valence-electron chi connectivity index (χ0n) is 11.0. The number of rotatable bonds is 4. The maximum atomic E-state index is 6.05. The maximum absolute atomic E-state index is 6.05. The molecule has 0 saturated heterocycles. The Morgan fingerprint density at radius 2 is 2.32 bits per heavy atom. The van der Waals surface area contributed by atoms with Crippen LogP contribution in [-0.4, -0.2) is 11.5 Å². The van der Waals surface area contributed by atoms with Gasteiger partial charge in [0.2, 0.25) is 0 Å².